The summed E-state index contributed by atoms with van der Waals surface area (Å²) in [6.45, 7) is 14.7. The molecule has 3 aromatic carbocycles. The van der Waals surface area contributed by atoms with Gasteiger partial charge in [-0.3, -0.25) is 38.7 Å². The molecule has 0 bridgehead atoms. The third-order valence-electron chi connectivity index (χ3n) is 9.96. The molecule has 4 amide bonds. The van der Waals surface area contributed by atoms with Gasteiger partial charge in [-0.25, -0.2) is 0 Å². The van der Waals surface area contributed by atoms with Gasteiger partial charge in [-0.2, -0.15) is 0 Å². The Morgan fingerprint density at radius 2 is 1.30 bits per heavy atom. The quantitative estimate of drug-likeness (QED) is 0.0579. The molecule has 0 aliphatic carbocycles. The molecule has 54 heavy (non-hydrogen) atoms. The maximum atomic E-state index is 13.4. The summed E-state index contributed by atoms with van der Waals surface area (Å²) in [4.78, 5) is 71.5. The second-order valence-electron chi connectivity index (χ2n) is 13.8. The number of unbranched alkanes of at least 4 members (excludes halogenated alkanes) is 4. The van der Waals surface area contributed by atoms with Crippen LogP contribution in [0.2, 0.25) is 0 Å². The van der Waals surface area contributed by atoms with Gasteiger partial charge in [0.15, 0.2) is 0 Å². The molecule has 0 saturated carbocycles. The highest BCUT2D eigenvalue weighted by Gasteiger charge is 2.36. The molecule has 0 saturated heterocycles. The van der Waals surface area contributed by atoms with Crippen LogP contribution in [-0.4, -0.2) is 109 Å². The Hall–Kier alpha value is -4.93. The zero-order chi connectivity index (χ0) is 39.2. The average molecular weight is 737 g/mol. The summed E-state index contributed by atoms with van der Waals surface area (Å²) >= 11 is 0. The number of rotatable bonds is 18. The first-order valence-electron chi connectivity index (χ1n) is 19.3. The van der Waals surface area contributed by atoms with Gasteiger partial charge >= 0.3 is 5.97 Å². The zero-order valence-corrected chi connectivity index (χ0v) is 32.7. The van der Waals surface area contributed by atoms with Gasteiger partial charge in [0, 0.05) is 72.9 Å². The molecule has 2 aliphatic heterocycles. The lowest BCUT2D eigenvalue weighted by Gasteiger charge is -2.32. The van der Waals surface area contributed by atoms with Gasteiger partial charge in [0.05, 0.1) is 0 Å². The van der Waals surface area contributed by atoms with Gasteiger partial charge in [0.1, 0.15) is 6.61 Å². The maximum Gasteiger partial charge on any atom is 0.302 e. The van der Waals surface area contributed by atoms with Crippen LogP contribution in [0.3, 0.4) is 0 Å². The second-order valence-corrected chi connectivity index (χ2v) is 13.8. The van der Waals surface area contributed by atoms with Gasteiger partial charge in [-0.15, -0.1) is 0 Å². The van der Waals surface area contributed by atoms with Crippen molar-refractivity contribution >= 4 is 52.0 Å². The van der Waals surface area contributed by atoms with Crippen LogP contribution in [0.5, 0.6) is 0 Å². The third kappa shape index (κ3) is 10.2. The Kier molecular flexibility index (Phi) is 15.9. The summed E-state index contributed by atoms with van der Waals surface area (Å²) < 4.78 is 5.19. The fourth-order valence-electron chi connectivity index (χ4n) is 6.98. The molecule has 0 N–H and O–H groups in total. The first kappa shape index (κ1) is 41.8. The minimum atomic E-state index is -0.376. The van der Waals surface area contributed by atoms with Gasteiger partial charge in [-0.1, -0.05) is 101 Å². The Morgan fingerprint density at radius 3 is 1.89 bits per heavy atom. The van der Waals surface area contributed by atoms with Gasteiger partial charge in [0.25, 0.3) is 23.6 Å². The Bertz CT molecular complexity index is 1810. The molecule has 0 unspecified atom stereocenters. The van der Waals surface area contributed by atoms with Crippen LogP contribution < -0.4 is 0 Å². The zero-order valence-electron chi connectivity index (χ0n) is 32.7. The van der Waals surface area contributed by atoms with E-state index in [-0.39, 0.29) is 49.3 Å². The first-order valence-corrected chi connectivity index (χ1v) is 19.3. The van der Waals surface area contributed by atoms with E-state index < -0.39 is 0 Å². The molecule has 0 radical (unpaired) electrons. The Labute approximate surface area is 320 Å². The number of benzene rings is 3. The van der Waals surface area contributed by atoms with Crippen LogP contribution in [0.15, 0.2) is 67.3 Å². The summed E-state index contributed by atoms with van der Waals surface area (Å²) in [7, 11) is 1.94. The van der Waals surface area contributed by atoms with Crippen LogP contribution in [0.1, 0.15) is 108 Å². The molecule has 2 aliphatic rings. The van der Waals surface area contributed by atoms with E-state index in [1.54, 1.807) is 43.3 Å². The number of fused-ring (bicyclic) bond motifs is 1. The molecule has 0 spiro atoms. The van der Waals surface area contributed by atoms with E-state index in [0.29, 0.717) is 65.9 Å². The topological polar surface area (TPSA) is 108 Å². The van der Waals surface area contributed by atoms with Crippen molar-refractivity contribution in [1.82, 2.24) is 19.6 Å². The van der Waals surface area contributed by atoms with E-state index in [1.807, 2.05) is 37.4 Å². The molecule has 5 rings (SSSR count). The molecule has 0 aromatic heterocycles. The van der Waals surface area contributed by atoms with Gasteiger partial charge < -0.3 is 9.64 Å². The molecule has 0 atom stereocenters. The number of likely N-dealkylation sites (N-methyl/N-ethyl adjacent to an activating group) is 1. The van der Waals surface area contributed by atoms with Crippen LogP contribution in [0.4, 0.5) is 0 Å². The molecular weight excluding hydrogens is 681 g/mol. The number of esters is 1. The largest absolute Gasteiger partial charge is 0.465 e. The van der Waals surface area contributed by atoms with Gasteiger partial charge in [0.2, 0.25) is 0 Å². The van der Waals surface area contributed by atoms with E-state index in [2.05, 4.69) is 30.2 Å². The van der Waals surface area contributed by atoms with Crippen molar-refractivity contribution in [2.24, 2.45) is 0 Å². The summed E-state index contributed by atoms with van der Waals surface area (Å²) in [5.74, 6) is -1.63. The molecule has 10 nitrogen and oxygen atoms in total. The fraction of sp³-hybridized carbons (Fsp3) is 0.432. The lowest BCUT2D eigenvalue weighted by molar-refractivity contribution is -0.141. The highest BCUT2D eigenvalue weighted by Crippen LogP contribution is 2.32. The van der Waals surface area contributed by atoms with Crippen molar-refractivity contribution in [3.63, 3.8) is 0 Å². The standard InChI is InChI=1S/C37H40N4O6.C7H16/c1-5-26-11-7-14-29-32(26)28(6-2)34(43)41(35(29)44)22-20-39(23-24-47-25(3)42)18-10-17-38(4)19-21-40-36(45)30-15-8-12-27-13-9-16-31(33(27)30)37(40)46;1-3-5-7-6-4-2/h5-9,11-16H,1,10,17-24H2,2-4H3;3-7H2,1-2H3/b28-6+;. The van der Waals surface area contributed by atoms with Crippen molar-refractivity contribution in [3.05, 3.63) is 95.1 Å². The number of ether oxygens (including phenoxy) is 1. The first-order chi connectivity index (χ1) is 26.1. The lowest BCUT2D eigenvalue weighted by atomic mass is 9.89. The summed E-state index contributed by atoms with van der Waals surface area (Å²) in [6, 6.07) is 16.4. The number of imide groups is 2. The number of amides is 4. The van der Waals surface area contributed by atoms with Crippen molar-refractivity contribution < 1.29 is 28.7 Å². The molecule has 10 heteroatoms. The monoisotopic (exact) mass is 736 g/mol. The van der Waals surface area contributed by atoms with Crippen molar-refractivity contribution in [2.45, 2.75) is 66.2 Å². The molecular formula is C44H56N4O6. The van der Waals surface area contributed by atoms with E-state index in [9.17, 15) is 24.0 Å². The molecule has 3 aromatic rings. The minimum Gasteiger partial charge on any atom is -0.465 e. The molecule has 0 fully saturated rings. The van der Waals surface area contributed by atoms with Gasteiger partial charge in [-0.05, 0) is 62.6 Å². The van der Waals surface area contributed by atoms with Crippen molar-refractivity contribution in [3.8, 4) is 0 Å². The highest BCUT2D eigenvalue weighted by molar-refractivity contribution is 6.31. The maximum absolute atomic E-state index is 13.4. The Balaban J connectivity index is 0.000000845. The molecule has 288 valence electrons. The summed E-state index contributed by atoms with van der Waals surface area (Å²) in [5, 5.41) is 1.59. The summed E-state index contributed by atoms with van der Waals surface area (Å²) in [5.41, 5.74) is 3.37. The smallest absolute Gasteiger partial charge is 0.302 e. The third-order valence-corrected chi connectivity index (χ3v) is 9.96. The number of allylic oxidation sites excluding steroid dienone is 1. The predicted octanol–water partition coefficient (Wildman–Crippen LogP) is 7.33. The number of nitrogens with zero attached hydrogens (tertiary/aromatic N) is 4. The fourth-order valence-corrected chi connectivity index (χ4v) is 6.98. The van der Waals surface area contributed by atoms with Crippen LogP contribution in [-0.2, 0) is 14.3 Å². The molecule has 2 heterocycles. The summed E-state index contributed by atoms with van der Waals surface area (Å²) in [6.07, 6.45) is 11.1. The van der Waals surface area contributed by atoms with Crippen LogP contribution in [0.25, 0.3) is 22.4 Å². The number of hydrogen-bond acceptors (Lipinski definition) is 8. The Morgan fingerprint density at radius 1 is 0.722 bits per heavy atom. The van der Waals surface area contributed by atoms with Crippen LogP contribution in [0, 0.1) is 0 Å². The second kappa shape index (κ2) is 20.5. The predicted molar refractivity (Wildman–Crippen MR) is 215 cm³/mol. The number of carbonyl (C=O) groups excluding carboxylic acids is 5. The SMILES string of the molecule is C=Cc1cccc2c1/C(=C\C)C(=O)N(CCN(CCCN(C)CCN1C(=O)c3cccc4cccc(c34)C1=O)CCOC(C)=O)C2=O.CCCCCCC. The minimum absolute atomic E-state index is 0.177. The highest BCUT2D eigenvalue weighted by atomic mass is 16.5. The number of carbonyl (C=O) groups is 5. The normalized spacial score (nSPS) is 14.5. The van der Waals surface area contributed by atoms with Crippen molar-refractivity contribution in [2.75, 3.05) is 59.5 Å². The van der Waals surface area contributed by atoms with E-state index in [0.717, 1.165) is 17.4 Å². The van der Waals surface area contributed by atoms with E-state index in [4.69, 9.17) is 4.74 Å². The van der Waals surface area contributed by atoms with E-state index >= 15 is 0 Å². The van der Waals surface area contributed by atoms with Crippen LogP contribution >= 0.6 is 0 Å². The average Bonchev–Trinajstić information content (AvgIpc) is 3.17. The van der Waals surface area contributed by atoms with E-state index in [1.165, 1.54) is 48.8 Å². The lowest BCUT2D eigenvalue weighted by Crippen LogP contribution is -2.46. The number of hydrogen-bond donors (Lipinski definition) is 0. The van der Waals surface area contributed by atoms with Crippen molar-refractivity contribution in [1.29, 1.82) is 0 Å².